The summed E-state index contributed by atoms with van der Waals surface area (Å²) in [4.78, 5) is 0. The first-order valence-electron chi connectivity index (χ1n) is 1.28. The minimum absolute atomic E-state index is 0.403. The van der Waals surface area contributed by atoms with Gasteiger partial charge in [0.2, 0.25) is 0 Å². The molecule has 0 spiro atoms. The van der Waals surface area contributed by atoms with E-state index in [2.05, 4.69) is 22.2 Å². The zero-order chi connectivity index (χ0) is 3.54. The summed E-state index contributed by atoms with van der Waals surface area (Å²) in [5.41, 5.74) is 0. The molecule has 0 saturated carbocycles. The van der Waals surface area contributed by atoms with Crippen LogP contribution in [0, 0.1) is 12.2 Å². The van der Waals surface area contributed by atoms with Crippen molar-refractivity contribution in [1.29, 1.82) is 0 Å². The maximum absolute atomic E-state index is 4.42. The first-order chi connectivity index (χ1) is 2.50. The molecule has 0 atom stereocenters. The topological polar surface area (TPSA) is 23.3 Å². The molecule has 1 rings (SSSR count). The van der Waals surface area contributed by atoms with Gasteiger partial charge in [-0.05, 0) is 0 Å². The lowest BCUT2D eigenvalue weighted by atomic mass is 11.1. The van der Waals surface area contributed by atoms with Gasteiger partial charge in [-0.25, -0.2) is 0 Å². The van der Waals surface area contributed by atoms with Crippen LogP contribution >= 0.6 is 0 Å². The van der Waals surface area contributed by atoms with Gasteiger partial charge in [-0.15, -0.1) is 0 Å². The Morgan fingerprint density at radius 1 is 1.80 bits per heavy atom. The number of nitrogens with zero attached hydrogens (tertiary/aromatic N) is 1. The number of ether oxygens (including phenoxy) is 1. The van der Waals surface area contributed by atoms with E-state index < -0.39 is 0 Å². The Morgan fingerprint density at radius 3 is 3.00 bits per heavy atom. The summed E-state index contributed by atoms with van der Waals surface area (Å²) < 4.78 is 4.42. The average molecular weight is 68.1 g/mol. The molecule has 0 aliphatic carbocycles. The van der Waals surface area contributed by atoms with Crippen LogP contribution in [0.4, 0.5) is 0 Å². The molecule has 25 valence electrons. The second-order valence-corrected chi connectivity index (χ2v) is 0.645. The number of hydrogen-bond donors (Lipinski definition) is 0. The predicted octanol–water partition coefficient (Wildman–Crippen LogP) is -0.503. The Morgan fingerprint density at radius 2 is 2.80 bits per heavy atom. The predicted molar refractivity (Wildman–Crippen MR) is 15.9 cm³/mol. The van der Waals surface area contributed by atoms with Gasteiger partial charge in [-0.3, -0.25) is 0 Å². The maximum Gasteiger partial charge on any atom is 0.199 e. The molecule has 0 fully saturated rings. The third kappa shape index (κ3) is 0.246. The van der Waals surface area contributed by atoms with Gasteiger partial charge in [0.1, 0.15) is 6.11 Å². The molecular formula is C3H2NO. The molecule has 1 aliphatic rings. The molecule has 1 heterocycles. The molecule has 0 aromatic heterocycles. The van der Waals surface area contributed by atoms with Gasteiger partial charge in [-0.2, -0.15) is 5.32 Å². The van der Waals surface area contributed by atoms with E-state index in [-0.39, 0.29) is 0 Å². The first-order valence-corrected chi connectivity index (χ1v) is 1.28. The van der Waals surface area contributed by atoms with E-state index >= 15 is 0 Å². The summed E-state index contributed by atoms with van der Waals surface area (Å²) in [5.74, 6) is 0. The molecule has 0 aromatic rings. The fourth-order valence-corrected chi connectivity index (χ4v) is 0.161. The molecule has 2 heteroatoms. The molecule has 0 aromatic carbocycles. The smallest absolute Gasteiger partial charge is 0.199 e. The van der Waals surface area contributed by atoms with Crippen molar-refractivity contribution in [2.75, 3.05) is 6.73 Å². The van der Waals surface area contributed by atoms with Crippen LogP contribution in [0.5, 0.6) is 0 Å². The fraction of sp³-hybridized carbons (Fsp3) is 0.333. The van der Waals surface area contributed by atoms with Crippen LogP contribution < -0.4 is 5.32 Å². The Labute approximate surface area is 30.1 Å². The van der Waals surface area contributed by atoms with Crippen molar-refractivity contribution in [3.8, 4) is 12.2 Å². The molecule has 0 unspecified atom stereocenters. The van der Waals surface area contributed by atoms with Crippen LogP contribution in [0.1, 0.15) is 0 Å². The maximum atomic E-state index is 4.42. The molecular weight excluding hydrogens is 66.0 g/mol. The van der Waals surface area contributed by atoms with Gasteiger partial charge in [0.05, 0.1) is 6.04 Å². The number of hydrogen-bond acceptors (Lipinski definition) is 1. The largest absolute Gasteiger partial charge is 0.421 e. The van der Waals surface area contributed by atoms with Crippen molar-refractivity contribution in [2.45, 2.75) is 0 Å². The monoisotopic (exact) mass is 68.0 g/mol. The fourth-order valence-electron chi connectivity index (χ4n) is 0.161. The molecule has 1 radical (unpaired) electrons. The van der Waals surface area contributed by atoms with Gasteiger partial charge < -0.3 is 4.74 Å². The van der Waals surface area contributed by atoms with Crippen molar-refractivity contribution in [3.63, 3.8) is 0 Å². The Kier molecular flexibility index (Phi) is 0.409. The summed E-state index contributed by atoms with van der Waals surface area (Å²) in [6, 6.07) is 2.38. The van der Waals surface area contributed by atoms with Gasteiger partial charge in [-0.1, -0.05) is 0 Å². The summed E-state index contributed by atoms with van der Waals surface area (Å²) in [5, 5.41) is 3.50. The lowest BCUT2D eigenvalue weighted by Crippen LogP contribution is -1.90. The molecule has 0 saturated heterocycles. The van der Waals surface area contributed by atoms with Crippen molar-refractivity contribution < 1.29 is 4.74 Å². The second-order valence-electron chi connectivity index (χ2n) is 0.645. The van der Waals surface area contributed by atoms with E-state index in [0.717, 1.165) is 0 Å². The third-order valence-electron chi connectivity index (χ3n) is 0.326. The summed E-state index contributed by atoms with van der Waals surface area (Å²) in [6.45, 7) is 0.403. The standard InChI is InChI=1S/C3H2NO/c1-2-5-3-4-1/h3H2. The average Bonchev–Trinajstić information content (AvgIpc) is 1.76. The van der Waals surface area contributed by atoms with E-state index in [1.165, 1.54) is 0 Å². The molecule has 5 heavy (non-hydrogen) atoms. The zero-order valence-corrected chi connectivity index (χ0v) is 2.56. The third-order valence-corrected chi connectivity index (χ3v) is 0.326. The highest BCUT2D eigenvalue weighted by Crippen LogP contribution is 1.70. The van der Waals surface area contributed by atoms with Crippen molar-refractivity contribution in [1.82, 2.24) is 5.32 Å². The molecule has 0 amide bonds. The van der Waals surface area contributed by atoms with Gasteiger partial charge >= 0.3 is 0 Å². The van der Waals surface area contributed by atoms with Crippen molar-refractivity contribution >= 4 is 0 Å². The van der Waals surface area contributed by atoms with E-state index in [1.54, 1.807) is 0 Å². The van der Waals surface area contributed by atoms with Gasteiger partial charge in [0.15, 0.2) is 6.73 Å². The molecule has 2 nitrogen and oxygen atoms in total. The quantitative estimate of drug-likeness (QED) is 0.351. The van der Waals surface area contributed by atoms with Crippen LogP contribution in [0.2, 0.25) is 0 Å². The SMILES string of the molecule is C1#COC[N]1. The van der Waals surface area contributed by atoms with Gasteiger partial charge in [0, 0.05) is 0 Å². The lowest BCUT2D eigenvalue weighted by molar-refractivity contribution is 0.284. The second kappa shape index (κ2) is 0.852. The zero-order valence-electron chi connectivity index (χ0n) is 2.56. The summed E-state index contributed by atoms with van der Waals surface area (Å²) >= 11 is 0. The highest BCUT2D eigenvalue weighted by atomic mass is 16.5. The van der Waals surface area contributed by atoms with Crippen LogP contribution in [0.15, 0.2) is 0 Å². The Bertz CT molecular complexity index is 70.6. The van der Waals surface area contributed by atoms with E-state index in [4.69, 9.17) is 0 Å². The van der Waals surface area contributed by atoms with E-state index in [0.29, 0.717) is 6.73 Å². The first kappa shape index (κ1) is 2.40. The van der Waals surface area contributed by atoms with Crippen LogP contribution in [0.25, 0.3) is 0 Å². The summed E-state index contributed by atoms with van der Waals surface area (Å²) in [7, 11) is 0. The minimum atomic E-state index is 0.403. The van der Waals surface area contributed by atoms with Crippen molar-refractivity contribution in [2.24, 2.45) is 0 Å². The van der Waals surface area contributed by atoms with Crippen LogP contribution in [-0.2, 0) is 4.74 Å². The van der Waals surface area contributed by atoms with Crippen molar-refractivity contribution in [3.05, 3.63) is 0 Å². The highest BCUT2D eigenvalue weighted by molar-refractivity contribution is 4.91. The Hall–Kier alpha value is -0.840. The van der Waals surface area contributed by atoms with Gasteiger partial charge in [0.25, 0.3) is 0 Å². The lowest BCUT2D eigenvalue weighted by Gasteiger charge is -1.75. The molecule has 0 bridgehead atoms. The summed E-state index contributed by atoms with van der Waals surface area (Å²) in [6.07, 6.45) is 2.31. The highest BCUT2D eigenvalue weighted by Gasteiger charge is 1.82. The normalized spacial score (nSPS) is 14.4. The van der Waals surface area contributed by atoms with E-state index in [1.807, 2.05) is 0 Å². The van der Waals surface area contributed by atoms with Crippen LogP contribution in [0.3, 0.4) is 0 Å². The van der Waals surface area contributed by atoms with Crippen LogP contribution in [-0.4, -0.2) is 6.73 Å². The van der Waals surface area contributed by atoms with E-state index in [9.17, 15) is 0 Å². The molecule has 0 N–H and O–H groups in total. The Balaban J connectivity index is 2.42. The number of rotatable bonds is 0. The molecule has 1 aliphatic heterocycles. The minimum Gasteiger partial charge on any atom is -0.421 e.